The SMILES string of the molecule is c1ccc(-c2nc(-c3cccc(-c4cc5c6c(c4)c4ccccc4n6-c4ccccc4C54c5ccccc5-c5ccccc54)c3)nc(-c3cccc(-c4ccc(-c5nc(-c6ccc(-c7nccc8ccccc78)cc6)nc(-c6cccc7ccccc67)n5)c5ccccc45)c3)n2)cc1. The molecular formula is C90H54N8. The molecule has 1 aliphatic heterocycles. The highest BCUT2D eigenvalue weighted by Gasteiger charge is 2.51. The lowest BCUT2D eigenvalue weighted by Gasteiger charge is -2.39. The predicted molar refractivity (Wildman–Crippen MR) is 398 cm³/mol. The molecule has 2 aliphatic rings. The standard InChI is InChI=1S/C90H54N8/c1-2-23-58(24-3-1)84-92-86(62-28-18-26-60(51-62)64-53-75-72-36-12-16-41-80(72)98-81-42-17-15-40-78(81)90(79(54-64)83(75)98)76-38-13-10-34-70(76)71-35-11-14-39-77(71)90)94-87(93-84)63-29-19-27-61(52-63)66-47-48-74(69-33-9-8-32-68(66)69)89-96-85(95-88(97-89)73-37-20-25-55-21-4-6-30-65(55)73)59-45-43-57(44-46-59)82-67-31-7-5-22-56(67)49-50-91-82/h1-54H. The Morgan fingerprint density at radius 1 is 0.235 bits per heavy atom. The van der Waals surface area contributed by atoms with Crippen molar-refractivity contribution < 1.29 is 0 Å². The molecule has 8 nitrogen and oxygen atoms in total. The van der Waals surface area contributed by atoms with Crippen LogP contribution in [0.3, 0.4) is 0 Å². The molecule has 0 atom stereocenters. The van der Waals surface area contributed by atoms with Crippen LogP contribution in [0.25, 0.3) is 173 Å². The highest BCUT2D eigenvalue weighted by atomic mass is 15.0. The molecule has 0 bridgehead atoms. The average Bonchev–Trinajstić information content (AvgIpc) is 1.48. The van der Waals surface area contributed by atoms with Gasteiger partial charge < -0.3 is 4.57 Å². The van der Waals surface area contributed by atoms with Crippen LogP contribution in [0, 0.1) is 0 Å². The maximum Gasteiger partial charge on any atom is 0.164 e. The van der Waals surface area contributed by atoms with Gasteiger partial charge in [0.1, 0.15) is 0 Å². The number of rotatable bonds is 9. The largest absolute Gasteiger partial charge is 0.309 e. The molecule has 1 spiro atoms. The number of aromatic nitrogens is 8. The number of para-hydroxylation sites is 2. The molecule has 1 aliphatic carbocycles. The molecule has 0 N–H and O–H groups in total. The molecular weight excluding hydrogens is 1190 g/mol. The summed E-state index contributed by atoms with van der Waals surface area (Å²) in [6.45, 7) is 0. The number of hydrogen-bond acceptors (Lipinski definition) is 7. The lowest BCUT2D eigenvalue weighted by atomic mass is 9.65. The van der Waals surface area contributed by atoms with Crippen LogP contribution in [0.4, 0.5) is 0 Å². The van der Waals surface area contributed by atoms with Crippen LogP contribution in [-0.4, -0.2) is 39.5 Å². The first-order valence-corrected chi connectivity index (χ1v) is 33.2. The maximum absolute atomic E-state index is 5.42. The number of pyridine rings is 1. The molecule has 8 heteroatoms. The summed E-state index contributed by atoms with van der Waals surface area (Å²) in [5.41, 5.74) is 22.2. The summed E-state index contributed by atoms with van der Waals surface area (Å²) in [4.78, 5) is 36.8. The molecule has 0 unspecified atom stereocenters. The first kappa shape index (κ1) is 55.3. The van der Waals surface area contributed by atoms with E-state index in [-0.39, 0.29) is 0 Å². The molecule has 5 heterocycles. The van der Waals surface area contributed by atoms with Crippen molar-refractivity contribution in [1.29, 1.82) is 0 Å². The molecule has 0 fully saturated rings. The van der Waals surface area contributed by atoms with Crippen molar-refractivity contribution in [2.24, 2.45) is 0 Å². The van der Waals surface area contributed by atoms with E-state index in [9.17, 15) is 0 Å². The van der Waals surface area contributed by atoms with Crippen molar-refractivity contribution in [1.82, 2.24) is 39.5 Å². The van der Waals surface area contributed by atoms with Crippen LogP contribution in [0.2, 0.25) is 0 Å². The van der Waals surface area contributed by atoms with Crippen molar-refractivity contribution in [2.45, 2.75) is 5.41 Å². The van der Waals surface area contributed by atoms with Crippen LogP contribution in [0.15, 0.2) is 328 Å². The third-order valence-corrected chi connectivity index (χ3v) is 20.1. The summed E-state index contributed by atoms with van der Waals surface area (Å²) in [6.07, 6.45) is 1.87. The first-order valence-electron chi connectivity index (χ1n) is 33.2. The van der Waals surface area contributed by atoms with E-state index >= 15 is 0 Å². The molecule has 0 amide bonds. The minimum absolute atomic E-state index is 0.569. The van der Waals surface area contributed by atoms with Gasteiger partial charge in [0, 0.05) is 61.3 Å². The summed E-state index contributed by atoms with van der Waals surface area (Å²) in [5.74, 6) is 3.49. The maximum atomic E-state index is 5.42. The van der Waals surface area contributed by atoms with E-state index in [1.54, 1.807) is 0 Å². The van der Waals surface area contributed by atoms with E-state index < -0.39 is 5.41 Å². The Hall–Kier alpha value is -13.2. The Bertz CT molecular complexity index is 6270. The van der Waals surface area contributed by atoms with E-state index in [1.165, 1.54) is 60.9 Å². The zero-order valence-electron chi connectivity index (χ0n) is 52.8. The monoisotopic (exact) mass is 1250 g/mol. The van der Waals surface area contributed by atoms with Gasteiger partial charge in [-0.1, -0.05) is 273 Å². The van der Waals surface area contributed by atoms with Crippen LogP contribution >= 0.6 is 0 Å². The van der Waals surface area contributed by atoms with Crippen LogP contribution in [0.5, 0.6) is 0 Å². The van der Waals surface area contributed by atoms with Crippen LogP contribution in [0.1, 0.15) is 22.3 Å². The second-order valence-electron chi connectivity index (χ2n) is 25.5. The van der Waals surface area contributed by atoms with Gasteiger partial charge in [0.2, 0.25) is 0 Å². The molecule has 4 aromatic heterocycles. The fourth-order valence-corrected chi connectivity index (χ4v) is 15.8. The van der Waals surface area contributed by atoms with Gasteiger partial charge in [0.25, 0.3) is 0 Å². The highest BCUT2D eigenvalue weighted by molar-refractivity contribution is 6.14. The Balaban J connectivity index is 0.707. The molecule has 18 aromatic rings. The molecule has 0 radical (unpaired) electrons. The van der Waals surface area contributed by atoms with E-state index in [0.717, 1.165) is 99.2 Å². The van der Waals surface area contributed by atoms with Crippen molar-refractivity contribution in [3.05, 3.63) is 350 Å². The van der Waals surface area contributed by atoms with Gasteiger partial charge in [0.05, 0.1) is 27.8 Å². The highest BCUT2D eigenvalue weighted by Crippen LogP contribution is 2.61. The molecule has 20 rings (SSSR count). The lowest BCUT2D eigenvalue weighted by Crippen LogP contribution is -2.33. The molecule has 14 aromatic carbocycles. The Labute approximate surface area is 564 Å². The van der Waals surface area contributed by atoms with Gasteiger partial charge in [-0.15, -0.1) is 0 Å². The summed E-state index contributed by atoms with van der Waals surface area (Å²) in [7, 11) is 0. The summed E-state index contributed by atoms with van der Waals surface area (Å²) >= 11 is 0. The van der Waals surface area contributed by atoms with E-state index in [0.29, 0.717) is 34.9 Å². The van der Waals surface area contributed by atoms with Crippen molar-refractivity contribution in [3.8, 4) is 119 Å². The van der Waals surface area contributed by atoms with Crippen LogP contribution in [-0.2, 0) is 5.41 Å². The minimum atomic E-state index is -0.579. The average molecular weight is 1250 g/mol. The molecule has 0 saturated carbocycles. The van der Waals surface area contributed by atoms with Gasteiger partial charge in [-0.2, -0.15) is 0 Å². The number of nitrogens with zero attached hydrogens (tertiary/aromatic N) is 8. The minimum Gasteiger partial charge on any atom is -0.309 e. The molecule has 98 heavy (non-hydrogen) atoms. The van der Waals surface area contributed by atoms with Gasteiger partial charge in [-0.3, -0.25) is 4.98 Å². The Kier molecular flexibility index (Phi) is 12.4. The fraction of sp³-hybridized carbons (Fsp3) is 0.0111. The quantitative estimate of drug-likeness (QED) is 0.142. The van der Waals surface area contributed by atoms with Gasteiger partial charge in [-0.05, 0) is 131 Å². The fourth-order valence-electron chi connectivity index (χ4n) is 15.8. The third kappa shape index (κ3) is 8.54. The number of hydrogen-bond donors (Lipinski definition) is 0. The normalized spacial score (nSPS) is 12.6. The molecule has 0 saturated heterocycles. The van der Waals surface area contributed by atoms with Gasteiger partial charge >= 0.3 is 0 Å². The van der Waals surface area contributed by atoms with E-state index in [1.807, 2.05) is 24.4 Å². The zero-order valence-corrected chi connectivity index (χ0v) is 52.8. The summed E-state index contributed by atoms with van der Waals surface area (Å²) in [6, 6.07) is 115. The lowest BCUT2D eigenvalue weighted by molar-refractivity contribution is 0.749. The molecule has 454 valence electrons. The Morgan fingerprint density at radius 3 is 1.42 bits per heavy atom. The zero-order chi connectivity index (χ0) is 64.4. The second-order valence-corrected chi connectivity index (χ2v) is 25.5. The van der Waals surface area contributed by atoms with Crippen LogP contribution < -0.4 is 0 Å². The van der Waals surface area contributed by atoms with Gasteiger partial charge in [-0.25, -0.2) is 29.9 Å². The van der Waals surface area contributed by atoms with Crippen molar-refractivity contribution in [3.63, 3.8) is 0 Å². The van der Waals surface area contributed by atoms with E-state index in [2.05, 4.69) is 308 Å². The smallest absolute Gasteiger partial charge is 0.164 e. The van der Waals surface area contributed by atoms with E-state index in [4.69, 9.17) is 34.9 Å². The first-order chi connectivity index (χ1) is 48.6. The topological polar surface area (TPSA) is 95.2 Å². The second kappa shape index (κ2) is 22.0. The summed E-state index contributed by atoms with van der Waals surface area (Å²) in [5, 5.41) is 8.90. The van der Waals surface area contributed by atoms with Gasteiger partial charge in [0.15, 0.2) is 34.9 Å². The Morgan fingerprint density at radius 2 is 0.694 bits per heavy atom. The number of benzene rings is 14. The third-order valence-electron chi connectivity index (χ3n) is 20.1. The van der Waals surface area contributed by atoms with Crippen molar-refractivity contribution in [2.75, 3.05) is 0 Å². The van der Waals surface area contributed by atoms with Crippen molar-refractivity contribution >= 4 is 54.1 Å². The number of fused-ring (bicyclic) bond motifs is 15. The summed E-state index contributed by atoms with van der Waals surface area (Å²) < 4.78 is 2.51. The predicted octanol–water partition coefficient (Wildman–Crippen LogP) is 21.7.